The Morgan fingerprint density at radius 2 is 1.42 bits per heavy atom. The first-order valence-electron chi connectivity index (χ1n) is 12.7. The highest BCUT2D eigenvalue weighted by molar-refractivity contribution is 7.92. The lowest BCUT2D eigenvalue weighted by Crippen LogP contribution is -2.51. The third kappa shape index (κ3) is 6.81. The molecule has 0 radical (unpaired) electrons. The van der Waals surface area contributed by atoms with Gasteiger partial charge in [-0.2, -0.15) is 0 Å². The van der Waals surface area contributed by atoms with E-state index in [1.807, 2.05) is 65.0 Å². The summed E-state index contributed by atoms with van der Waals surface area (Å²) in [5.41, 5.74) is 5.17. The van der Waals surface area contributed by atoms with Crippen molar-refractivity contribution >= 4 is 27.5 Å². The van der Waals surface area contributed by atoms with Gasteiger partial charge < -0.3 is 10.2 Å². The smallest absolute Gasteiger partial charge is 0.264 e. The van der Waals surface area contributed by atoms with Crippen LogP contribution in [0.4, 0.5) is 5.69 Å². The number of carbonyl (C=O) groups excluding carboxylic acids is 2. The van der Waals surface area contributed by atoms with Crippen LogP contribution in [0.3, 0.4) is 0 Å². The first kappa shape index (κ1) is 28.9. The Labute approximate surface area is 226 Å². The standard InChI is InChI=1S/C30H37N3O4S/c1-7-31-30(35)25(6)32(19-26-13-8-21(2)9-14-26)29(34)20-33(27-15-12-23(4)24(5)18-27)38(36,37)28-16-10-22(3)11-17-28/h8-18,25H,7,19-20H2,1-6H3,(H,31,35). The maximum absolute atomic E-state index is 13.9. The first-order valence-corrected chi connectivity index (χ1v) is 14.2. The molecule has 3 aromatic rings. The van der Waals surface area contributed by atoms with Crippen LogP contribution in [0.15, 0.2) is 71.6 Å². The second-order valence-corrected chi connectivity index (χ2v) is 11.5. The van der Waals surface area contributed by atoms with Crippen LogP contribution < -0.4 is 9.62 Å². The minimum Gasteiger partial charge on any atom is -0.355 e. The predicted molar refractivity (Wildman–Crippen MR) is 152 cm³/mol. The number of nitrogens with zero attached hydrogens (tertiary/aromatic N) is 2. The van der Waals surface area contributed by atoms with Crippen LogP contribution >= 0.6 is 0 Å². The maximum atomic E-state index is 13.9. The van der Waals surface area contributed by atoms with Crippen molar-refractivity contribution in [1.29, 1.82) is 0 Å². The lowest BCUT2D eigenvalue weighted by Gasteiger charge is -2.32. The average molecular weight is 536 g/mol. The SMILES string of the molecule is CCNC(=O)C(C)N(Cc1ccc(C)cc1)C(=O)CN(c1ccc(C)c(C)c1)S(=O)(=O)c1ccc(C)cc1. The summed E-state index contributed by atoms with van der Waals surface area (Å²) in [5, 5.41) is 2.77. The van der Waals surface area contributed by atoms with Crippen LogP contribution in [0, 0.1) is 27.7 Å². The molecule has 38 heavy (non-hydrogen) atoms. The number of benzene rings is 3. The number of sulfonamides is 1. The van der Waals surface area contributed by atoms with Gasteiger partial charge in [-0.25, -0.2) is 8.42 Å². The molecule has 8 heteroatoms. The number of hydrogen-bond donors (Lipinski definition) is 1. The molecule has 0 aliphatic carbocycles. The normalized spacial score (nSPS) is 12.1. The highest BCUT2D eigenvalue weighted by atomic mass is 32.2. The number of carbonyl (C=O) groups is 2. The van der Waals surface area contributed by atoms with Crippen molar-refractivity contribution in [3.8, 4) is 0 Å². The van der Waals surface area contributed by atoms with Crippen LogP contribution in [-0.4, -0.2) is 44.3 Å². The summed E-state index contributed by atoms with van der Waals surface area (Å²) in [6, 6.07) is 18.8. The first-order chi connectivity index (χ1) is 17.9. The molecule has 1 N–H and O–H groups in total. The number of nitrogens with one attached hydrogen (secondary N) is 1. The lowest BCUT2D eigenvalue weighted by molar-refractivity contribution is -0.139. The van der Waals surface area contributed by atoms with Crippen molar-refractivity contribution < 1.29 is 18.0 Å². The zero-order valence-corrected chi connectivity index (χ0v) is 23.8. The Balaban J connectivity index is 2.05. The van der Waals surface area contributed by atoms with E-state index < -0.39 is 28.5 Å². The minimum absolute atomic E-state index is 0.0935. The number of amides is 2. The van der Waals surface area contributed by atoms with Gasteiger partial charge in [0.05, 0.1) is 10.6 Å². The quantitative estimate of drug-likeness (QED) is 0.409. The highest BCUT2D eigenvalue weighted by Crippen LogP contribution is 2.27. The van der Waals surface area contributed by atoms with Gasteiger partial charge in [0.25, 0.3) is 10.0 Å². The van der Waals surface area contributed by atoms with Crippen molar-refractivity contribution in [2.24, 2.45) is 0 Å². The predicted octanol–water partition coefficient (Wildman–Crippen LogP) is 4.67. The largest absolute Gasteiger partial charge is 0.355 e. The summed E-state index contributed by atoms with van der Waals surface area (Å²) < 4.78 is 28.9. The second kappa shape index (κ2) is 12.3. The van der Waals surface area contributed by atoms with E-state index in [0.717, 1.165) is 32.1 Å². The van der Waals surface area contributed by atoms with Gasteiger partial charge in [0.2, 0.25) is 11.8 Å². The second-order valence-electron chi connectivity index (χ2n) is 9.67. The summed E-state index contributed by atoms with van der Waals surface area (Å²) in [6.45, 7) is 11.3. The minimum atomic E-state index is -4.08. The van der Waals surface area contributed by atoms with Gasteiger partial charge >= 0.3 is 0 Å². The molecule has 7 nitrogen and oxygen atoms in total. The number of aryl methyl sites for hydroxylation is 4. The highest BCUT2D eigenvalue weighted by Gasteiger charge is 2.32. The van der Waals surface area contributed by atoms with E-state index >= 15 is 0 Å². The van der Waals surface area contributed by atoms with Crippen molar-refractivity contribution in [3.63, 3.8) is 0 Å². The molecule has 3 rings (SSSR count). The Hall–Kier alpha value is -3.65. The van der Waals surface area contributed by atoms with Crippen molar-refractivity contribution in [2.75, 3.05) is 17.4 Å². The van der Waals surface area contributed by atoms with E-state index in [4.69, 9.17) is 0 Å². The molecule has 0 fully saturated rings. The number of likely N-dealkylation sites (N-methyl/N-ethyl adjacent to an activating group) is 1. The topological polar surface area (TPSA) is 86.8 Å². The average Bonchev–Trinajstić information content (AvgIpc) is 2.88. The van der Waals surface area contributed by atoms with Gasteiger partial charge in [-0.3, -0.25) is 13.9 Å². The molecule has 0 spiro atoms. The van der Waals surface area contributed by atoms with Gasteiger partial charge in [-0.05, 0) is 82.5 Å². The van der Waals surface area contributed by atoms with Crippen molar-refractivity contribution in [1.82, 2.24) is 10.2 Å². The molecule has 0 heterocycles. The van der Waals surface area contributed by atoms with Crippen LogP contribution in [0.1, 0.15) is 41.7 Å². The number of hydrogen-bond acceptors (Lipinski definition) is 4. The zero-order chi connectivity index (χ0) is 28.0. The molecule has 0 aliphatic rings. The molecule has 0 bridgehead atoms. The molecular formula is C30H37N3O4S. The Bertz CT molecular complexity index is 1380. The molecule has 1 unspecified atom stereocenters. The lowest BCUT2D eigenvalue weighted by atomic mass is 10.1. The number of anilines is 1. The fourth-order valence-electron chi connectivity index (χ4n) is 4.04. The van der Waals surface area contributed by atoms with Crippen LogP contribution in [0.25, 0.3) is 0 Å². The van der Waals surface area contributed by atoms with Crippen molar-refractivity contribution in [3.05, 3.63) is 94.5 Å². The van der Waals surface area contributed by atoms with Gasteiger partial charge in [-0.15, -0.1) is 0 Å². The third-order valence-electron chi connectivity index (χ3n) is 6.66. The number of rotatable bonds is 10. The monoisotopic (exact) mass is 535 g/mol. The van der Waals surface area contributed by atoms with E-state index in [1.165, 1.54) is 4.90 Å². The molecule has 0 saturated carbocycles. The maximum Gasteiger partial charge on any atom is 0.264 e. The van der Waals surface area contributed by atoms with Gasteiger partial charge in [-0.1, -0.05) is 53.6 Å². The van der Waals surface area contributed by atoms with Crippen LogP contribution in [-0.2, 0) is 26.2 Å². The Kier molecular flexibility index (Phi) is 9.33. The summed E-state index contributed by atoms with van der Waals surface area (Å²) in [5.74, 6) is -0.773. The third-order valence-corrected chi connectivity index (χ3v) is 8.45. The zero-order valence-electron chi connectivity index (χ0n) is 23.0. The summed E-state index contributed by atoms with van der Waals surface area (Å²) in [4.78, 5) is 28.2. The molecule has 0 aliphatic heterocycles. The van der Waals surface area contributed by atoms with Crippen LogP contribution in [0.2, 0.25) is 0 Å². The summed E-state index contributed by atoms with van der Waals surface area (Å²) in [7, 11) is -4.08. The Morgan fingerprint density at radius 3 is 1.97 bits per heavy atom. The fraction of sp³-hybridized carbons (Fsp3) is 0.333. The Morgan fingerprint density at radius 1 is 0.842 bits per heavy atom. The van der Waals surface area contributed by atoms with Crippen molar-refractivity contribution in [2.45, 2.75) is 59.0 Å². The molecule has 202 valence electrons. The van der Waals surface area contributed by atoms with Gasteiger partial charge in [0.15, 0.2) is 0 Å². The molecule has 0 saturated heterocycles. The molecular weight excluding hydrogens is 498 g/mol. The van der Waals surface area contributed by atoms with Gasteiger partial charge in [0, 0.05) is 13.1 Å². The fourth-order valence-corrected chi connectivity index (χ4v) is 5.45. The molecule has 2 amide bonds. The van der Waals surface area contributed by atoms with E-state index in [1.54, 1.807) is 43.3 Å². The molecule has 3 aromatic carbocycles. The van der Waals surface area contributed by atoms with Gasteiger partial charge in [0.1, 0.15) is 12.6 Å². The summed E-state index contributed by atoms with van der Waals surface area (Å²) >= 11 is 0. The van der Waals surface area contributed by atoms with E-state index in [2.05, 4.69) is 5.32 Å². The van der Waals surface area contributed by atoms with E-state index in [0.29, 0.717) is 12.2 Å². The van der Waals surface area contributed by atoms with E-state index in [9.17, 15) is 18.0 Å². The van der Waals surface area contributed by atoms with E-state index in [-0.39, 0.29) is 17.3 Å². The molecule has 1 atom stereocenters. The summed E-state index contributed by atoms with van der Waals surface area (Å²) in [6.07, 6.45) is 0. The van der Waals surface area contributed by atoms with Crippen LogP contribution in [0.5, 0.6) is 0 Å². The molecule has 0 aromatic heterocycles.